The molecule has 72 valence electrons. The molecule has 0 aliphatic carbocycles. The maximum atomic E-state index is 10.2. The first-order valence-corrected chi connectivity index (χ1v) is 3.32. The first-order valence-electron chi connectivity index (χ1n) is 3.32. The Labute approximate surface area is 70.7 Å². The van der Waals surface area contributed by atoms with Crippen LogP contribution in [0.25, 0.3) is 0 Å². The number of amides is 2. The van der Waals surface area contributed by atoms with Gasteiger partial charge in [0, 0.05) is 0 Å². The van der Waals surface area contributed by atoms with Crippen molar-refractivity contribution in [2.75, 3.05) is 0 Å². The van der Waals surface area contributed by atoms with E-state index in [0.29, 0.717) is 0 Å². The molecule has 0 saturated carbocycles. The number of carbonyl (C=O) groups excluding carboxylic acids is 1. The molecule has 0 aliphatic rings. The molecule has 0 bridgehead atoms. The Balaban J connectivity index is 0. The molecule has 0 unspecified atom stereocenters. The average Bonchev–Trinajstić information content (AvgIpc) is 1.84. The third-order valence-corrected chi connectivity index (χ3v) is 1.05. The molecule has 0 saturated heterocycles. The minimum absolute atomic E-state index is 0.146. The summed E-state index contributed by atoms with van der Waals surface area (Å²) in [5, 5.41) is 7.19. The van der Waals surface area contributed by atoms with Gasteiger partial charge in [-0.2, -0.15) is 0 Å². The summed E-state index contributed by atoms with van der Waals surface area (Å²) in [6.07, 6.45) is -1.33. The molecule has 0 aromatic carbocycles. The topological polar surface area (TPSA) is 132 Å². The second kappa shape index (κ2) is 6.41. The summed E-state index contributed by atoms with van der Waals surface area (Å²) < 4.78 is 0. The number of primary amides is 2. The Morgan fingerprint density at radius 1 is 1.25 bits per heavy atom. The normalized spacial score (nSPS) is 11.3. The highest BCUT2D eigenvalue weighted by Crippen LogP contribution is 1.95. The van der Waals surface area contributed by atoms with Gasteiger partial charge in [-0.25, -0.2) is 4.79 Å². The van der Waals surface area contributed by atoms with Gasteiger partial charge in [0.25, 0.3) is 0 Å². The SMILES string of the molecule is CC(C)[C@H](N)C(N)=O.NC(=O)O. The van der Waals surface area contributed by atoms with Crippen molar-refractivity contribution >= 4 is 12.0 Å². The number of carbonyl (C=O) groups is 2. The molecule has 0 fully saturated rings. The van der Waals surface area contributed by atoms with Crippen molar-refractivity contribution in [3.8, 4) is 0 Å². The first-order chi connectivity index (χ1) is 5.29. The van der Waals surface area contributed by atoms with Crippen LogP contribution in [0.1, 0.15) is 13.8 Å². The number of carboxylic acid groups (broad SMARTS) is 1. The summed E-state index contributed by atoms with van der Waals surface area (Å²) in [6.45, 7) is 3.71. The minimum atomic E-state index is -1.33. The van der Waals surface area contributed by atoms with E-state index in [4.69, 9.17) is 21.4 Å². The highest BCUT2D eigenvalue weighted by Gasteiger charge is 2.12. The van der Waals surface area contributed by atoms with Crippen LogP contribution in [-0.4, -0.2) is 23.1 Å². The van der Waals surface area contributed by atoms with Gasteiger partial charge in [-0.3, -0.25) is 4.79 Å². The molecule has 0 spiro atoms. The van der Waals surface area contributed by atoms with Crippen LogP contribution in [0.3, 0.4) is 0 Å². The van der Waals surface area contributed by atoms with Crippen LogP contribution < -0.4 is 17.2 Å². The molecule has 0 rings (SSSR count). The van der Waals surface area contributed by atoms with Gasteiger partial charge in [-0.05, 0) is 5.92 Å². The number of nitrogens with two attached hydrogens (primary N) is 3. The zero-order valence-corrected chi connectivity index (χ0v) is 7.15. The Morgan fingerprint density at radius 2 is 1.50 bits per heavy atom. The molecule has 0 aromatic heterocycles. The number of rotatable bonds is 2. The van der Waals surface area contributed by atoms with E-state index >= 15 is 0 Å². The highest BCUT2D eigenvalue weighted by atomic mass is 16.4. The lowest BCUT2D eigenvalue weighted by atomic mass is 10.1. The van der Waals surface area contributed by atoms with Gasteiger partial charge in [-0.1, -0.05) is 13.8 Å². The number of hydrogen-bond acceptors (Lipinski definition) is 3. The third kappa shape index (κ3) is 11.5. The van der Waals surface area contributed by atoms with Crippen molar-refractivity contribution in [2.45, 2.75) is 19.9 Å². The van der Waals surface area contributed by atoms with Gasteiger partial charge >= 0.3 is 6.09 Å². The summed E-state index contributed by atoms with van der Waals surface area (Å²) in [5.74, 6) is -0.285. The molecule has 2 amide bonds. The zero-order chi connectivity index (χ0) is 10.3. The van der Waals surface area contributed by atoms with Crippen molar-refractivity contribution in [3.63, 3.8) is 0 Å². The lowest BCUT2D eigenvalue weighted by Gasteiger charge is -2.09. The lowest BCUT2D eigenvalue weighted by Crippen LogP contribution is -2.40. The molecule has 0 radical (unpaired) electrons. The standard InChI is InChI=1S/C5H12N2O.CH3NO2/c1-3(2)4(6)5(7)8;2-1(3)4/h3-4H,6H2,1-2H3,(H2,7,8);2H2,(H,3,4)/t4-;/m0./s1. The molecule has 0 heterocycles. The molecular weight excluding hydrogens is 162 g/mol. The largest absolute Gasteiger partial charge is 0.465 e. The summed E-state index contributed by atoms with van der Waals surface area (Å²) in [5.41, 5.74) is 14.2. The Hall–Kier alpha value is -1.30. The van der Waals surface area contributed by atoms with Gasteiger partial charge in [0.1, 0.15) is 0 Å². The molecule has 0 aromatic rings. The van der Waals surface area contributed by atoms with E-state index in [9.17, 15) is 4.79 Å². The quantitative estimate of drug-likeness (QED) is 0.434. The van der Waals surface area contributed by atoms with Crippen LogP contribution in [-0.2, 0) is 4.79 Å². The van der Waals surface area contributed by atoms with Crippen LogP contribution in [0.5, 0.6) is 0 Å². The minimum Gasteiger partial charge on any atom is -0.465 e. The Morgan fingerprint density at radius 3 is 1.50 bits per heavy atom. The monoisotopic (exact) mass is 177 g/mol. The van der Waals surface area contributed by atoms with E-state index in [1.54, 1.807) is 0 Å². The second-order valence-corrected chi connectivity index (χ2v) is 2.51. The van der Waals surface area contributed by atoms with E-state index in [2.05, 4.69) is 5.73 Å². The molecule has 1 atom stereocenters. The van der Waals surface area contributed by atoms with Crippen LogP contribution in [0, 0.1) is 5.92 Å². The van der Waals surface area contributed by atoms with Crippen LogP contribution >= 0.6 is 0 Å². The van der Waals surface area contributed by atoms with Gasteiger partial charge in [0.05, 0.1) is 6.04 Å². The first kappa shape index (κ1) is 13.3. The van der Waals surface area contributed by atoms with E-state index in [1.807, 2.05) is 13.8 Å². The number of hydrogen-bond donors (Lipinski definition) is 4. The van der Waals surface area contributed by atoms with E-state index in [-0.39, 0.29) is 5.92 Å². The van der Waals surface area contributed by atoms with Crippen LogP contribution in [0.4, 0.5) is 4.79 Å². The van der Waals surface area contributed by atoms with Crippen molar-refractivity contribution in [3.05, 3.63) is 0 Å². The summed E-state index contributed by atoms with van der Waals surface area (Å²) in [4.78, 5) is 19.0. The molecule has 12 heavy (non-hydrogen) atoms. The van der Waals surface area contributed by atoms with Crippen LogP contribution in [0.15, 0.2) is 0 Å². The maximum absolute atomic E-state index is 10.2. The fraction of sp³-hybridized carbons (Fsp3) is 0.667. The zero-order valence-electron chi connectivity index (χ0n) is 7.15. The fourth-order valence-electron chi connectivity index (χ4n) is 0.329. The third-order valence-electron chi connectivity index (χ3n) is 1.05. The van der Waals surface area contributed by atoms with Gasteiger partial charge in [0.2, 0.25) is 5.91 Å². The highest BCUT2D eigenvalue weighted by molar-refractivity contribution is 5.79. The summed E-state index contributed by atoms with van der Waals surface area (Å²) in [7, 11) is 0. The van der Waals surface area contributed by atoms with Crippen molar-refractivity contribution in [2.24, 2.45) is 23.1 Å². The lowest BCUT2D eigenvalue weighted by molar-refractivity contribution is -0.120. The maximum Gasteiger partial charge on any atom is 0.402 e. The fourth-order valence-corrected chi connectivity index (χ4v) is 0.329. The predicted octanol–water partition coefficient (Wildman–Crippen LogP) is -0.922. The van der Waals surface area contributed by atoms with E-state index < -0.39 is 18.0 Å². The van der Waals surface area contributed by atoms with Crippen molar-refractivity contribution in [1.82, 2.24) is 0 Å². The predicted molar refractivity (Wildman–Crippen MR) is 44.2 cm³/mol. The Bertz CT molecular complexity index is 154. The molecule has 7 N–H and O–H groups in total. The van der Waals surface area contributed by atoms with Crippen molar-refractivity contribution in [1.29, 1.82) is 0 Å². The van der Waals surface area contributed by atoms with Crippen molar-refractivity contribution < 1.29 is 14.7 Å². The molecule has 0 aliphatic heterocycles. The molecule has 6 nitrogen and oxygen atoms in total. The van der Waals surface area contributed by atoms with Gasteiger partial charge in [-0.15, -0.1) is 0 Å². The van der Waals surface area contributed by atoms with Gasteiger partial charge in [0.15, 0.2) is 0 Å². The summed E-state index contributed by atoms with van der Waals surface area (Å²) >= 11 is 0. The van der Waals surface area contributed by atoms with E-state index in [0.717, 1.165) is 0 Å². The average molecular weight is 177 g/mol. The Kier molecular flexibility index (Phi) is 7.11. The van der Waals surface area contributed by atoms with E-state index in [1.165, 1.54) is 0 Å². The molecule has 6 heteroatoms. The van der Waals surface area contributed by atoms with Gasteiger partial charge < -0.3 is 22.3 Å². The summed E-state index contributed by atoms with van der Waals surface area (Å²) in [6, 6.07) is -0.491. The van der Waals surface area contributed by atoms with Crippen LogP contribution in [0.2, 0.25) is 0 Å². The smallest absolute Gasteiger partial charge is 0.402 e. The molecular formula is C6H15N3O3. The second-order valence-electron chi connectivity index (χ2n) is 2.51.